The first-order valence-corrected chi connectivity index (χ1v) is 6.61. The Morgan fingerprint density at radius 1 is 1.40 bits per heavy atom. The number of nitrogens with one attached hydrogen (secondary N) is 1. The summed E-state index contributed by atoms with van der Waals surface area (Å²) in [5, 5.41) is 16.3. The normalized spacial score (nSPS) is 12.7. The topological polar surface area (TPSA) is 72.1 Å². The molecule has 0 saturated heterocycles. The number of carbonyl (C=O) groups excluding carboxylic acids is 1. The second kappa shape index (κ2) is 5.92. The monoisotopic (exact) mass is 276 g/mol. The van der Waals surface area contributed by atoms with Crippen molar-refractivity contribution in [3.05, 3.63) is 36.3 Å². The van der Waals surface area contributed by atoms with Crippen LogP contribution in [0.4, 0.5) is 0 Å². The molecule has 0 aromatic carbocycles. The van der Waals surface area contributed by atoms with Gasteiger partial charge in [0.05, 0.1) is 18.8 Å². The highest BCUT2D eigenvalue weighted by molar-refractivity contribution is 5.97. The number of aryl methyl sites for hydroxylation is 1. The van der Waals surface area contributed by atoms with Gasteiger partial charge >= 0.3 is 0 Å². The Morgan fingerprint density at radius 2 is 2.05 bits per heavy atom. The number of carbonyl (C=O) groups is 1. The molecule has 1 atom stereocenters. The van der Waals surface area contributed by atoms with Crippen LogP contribution in [0, 0.1) is 5.92 Å². The quantitative estimate of drug-likeness (QED) is 0.854. The lowest BCUT2D eigenvalue weighted by Gasteiger charge is -2.20. The second-order valence-corrected chi connectivity index (χ2v) is 5.10. The van der Waals surface area contributed by atoms with E-state index in [9.17, 15) is 9.90 Å². The van der Waals surface area contributed by atoms with Crippen molar-refractivity contribution >= 4 is 5.91 Å². The first-order chi connectivity index (χ1) is 9.54. The molecule has 0 bridgehead atoms. The van der Waals surface area contributed by atoms with Gasteiger partial charge < -0.3 is 15.0 Å². The summed E-state index contributed by atoms with van der Waals surface area (Å²) in [6.45, 7) is 3.83. The molecule has 6 heteroatoms. The van der Waals surface area contributed by atoms with Gasteiger partial charge in [-0.15, -0.1) is 0 Å². The van der Waals surface area contributed by atoms with Crippen molar-refractivity contribution in [1.29, 1.82) is 0 Å². The molecule has 2 rings (SSSR count). The van der Waals surface area contributed by atoms with Gasteiger partial charge in [-0.25, -0.2) is 0 Å². The maximum absolute atomic E-state index is 12.4. The molecule has 2 heterocycles. The molecule has 0 saturated carbocycles. The van der Waals surface area contributed by atoms with Crippen molar-refractivity contribution in [2.75, 3.05) is 6.61 Å². The molecule has 6 nitrogen and oxygen atoms in total. The third-order valence-corrected chi connectivity index (χ3v) is 3.32. The van der Waals surface area contributed by atoms with Gasteiger partial charge in [0, 0.05) is 19.4 Å². The number of aliphatic hydroxyl groups is 1. The van der Waals surface area contributed by atoms with Crippen molar-refractivity contribution in [1.82, 2.24) is 19.7 Å². The maximum atomic E-state index is 12.4. The van der Waals surface area contributed by atoms with Crippen LogP contribution < -0.4 is 5.32 Å². The van der Waals surface area contributed by atoms with E-state index in [-0.39, 0.29) is 24.5 Å². The van der Waals surface area contributed by atoms with Crippen LogP contribution in [-0.4, -0.2) is 38.0 Å². The summed E-state index contributed by atoms with van der Waals surface area (Å²) in [5.74, 6) is 0.637. The number of aliphatic hydroxyl groups excluding tert-OH is 1. The summed E-state index contributed by atoms with van der Waals surface area (Å²) >= 11 is 0. The summed E-state index contributed by atoms with van der Waals surface area (Å²) < 4.78 is 3.49. The molecule has 0 aliphatic carbocycles. The zero-order chi connectivity index (χ0) is 14.7. The molecular weight excluding hydrogens is 256 g/mol. The second-order valence-electron chi connectivity index (χ2n) is 5.10. The number of hydrogen-bond donors (Lipinski definition) is 2. The van der Waals surface area contributed by atoms with Gasteiger partial charge in [0.2, 0.25) is 0 Å². The highest BCUT2D eigenvalue weighted by atomic mass is 16.3. The third-order valence-electron chi connectivity index (χ3n) is 3.32. The molecule has 1 amide bonds. The van der Waals surface area contributed by atoms with E-state index in [1.165, 1.54) is 0 Å². The van der Waals surface area contributed by atoms with E-state index >= 15 is 0 Å². The molecule has 0 fully saturated rings. The molecule has 0 aliphatic heterocycles. The van der Waals surface area contributed by atoms with E-state index in [2.05, 4.69) is 10.4 Å². The fourth-order valence-corrected chi connectivity index (χ4v) is 2.04. The van der Waals surface area contributed by atoms with Gasteiger partial charge in [0.15, 0.2) is 0 Å². The first-order valence-electron chi connectivity index (χ1n) is 6.61. The smallest absolute Gasteiger partial charge is 0.257 e. The molecule has 2 aromatic rings. The van der Waals surface area contributed by atoms with E-state index < -0.39 is 0 Å². The van der Waals surface area contributed by atoms with Gasteiger partial charge in [0.1, 0.15) is 11.4 Å². The Labute approximate surface area is 118 Å². The van der Waals surface area contributed by atoms with Gasteiger partial charge in [-0.05, 0) is 18.1 Å². The standard InChI is InChI=1S/C14H20N4O2/c1-10(2)12(9-19)16-13(20)11-8-15-17(3)14(11)18-6-4-5-7-18/h4-8,10,12,19H,9H2,1-3H3,(H,16,20)/t12-/m1/s1. The third kappa shape index (κ3) is 2.75. The Bertz CT molecular complexity index is 572. The Kier molecular flexibility index (Phi) is 4.24. The predicted molar refractivity (Wildman–Crippen MR) is 75.7 cm³/mol. The molecule has 20 heavy (non-hydrogen) atoms. The molecule has 2 aromatic heterocycles. The van der Waals surface area contributed by atoms with Crippen LogP contribution in [0.25, 0.3) is 5.82 Å². The predicted octanol–water partition coefficient (Wildman–Crippen LogP) is 0.957. The zero-order valence-corrected chi connectivity index (χ0v) is 11.9. The van der Waals surface area contributed by atoms with Crippen LogP contribution in [0.2, 0.25) is 0 Å². The van der Waals surface area contributed by atoms with Crippen LogP contribution in [0.3, 0.4) is 0 Å². The van der Waals surface area contributed by atoms with Gasteiger partial charge in [-0.1, -0.05) is 13.8 Å². The van der Waals surface area contributed by atoms with E-state index in [1.807, 2.05) is 42.9 Å². The summed E-state index contributed by atoms with van der Waals surface area (Å²) in [6, 6.07) is 3.51. The van der Waals surface area contributed by atoms with E-state index in [0.29, 0.717) is 11.4 Å². The molecular formula is C14H20N4O2. The van der Waals surface area contributed by atoms with Crippen molar-refractivity contribution in [3.8, 4) is 5.82 Å². The number of aromatic nitrogens is 3. The lowest BCUT2D eigenvalue weighted by molar-refractivity contribution is 0.0897. The van der Waals surface area contributed by atoms with Gasteiger partial charge in [-0.2, -0.15) is 5.10 Å². The van der Waals surface area contributed by atoms with Crippen molar-refractivity contribution in [2.24, 2.45) is 13.0 Å². The van der Waals surface area contributed by atoms with Crippen molar-refractivity contribution in [3.63, 3.8) is 0 Å². The average Bonchev–Trinajstić information content (AvgIpc) is 3.03. The van der Waals surface area contributed by atoms with Gasteiger partial charge in [0.25, 0.3) is 5.91 Å². The summed E-state index contributed by atoms with van der Waals surface area (Å²) in [5.41, 5.74) is 0.489. The summed E-state index contributed by atoms with van der Waals surface area (Å²) in [7, 11) is 1.79. The van der Waals surface area contributed by atoms with Crippen LogP contribution in [0.15, 0.2) is 30.7 Å². The number of rotatable bonds is 5. The zero-order valence-electron chi connectivity index (χ0n) is 11.9. The van der Waals surface area contributed by atoms with Crippen LogP contribution in [0.5, 0.6) is 0 Å². The SMILES string of the molecule is CC(C)[C@@H](CO)NC(=O)c1cnn(C)c1-n1cccc1. The highest BCUT2D eigenvalue weighted by Gasteiger charge is 2.21. The number of amides is 1. The van der Waals surface area contributed by atoms with Crippen LogP contribution >= 0.6 is 0 Å². The van der Waals surface area contributed by atoms with Crippen molar-refractivity contribution < 1.29 is 9.90 Å². The molecule has 108 valence electrons. The van der Waals surface area contributed by atoms with Crippen molar-refractivity contribution in [2.45, 2.75) is 19.9 Å². The van der Waals surface area contributed by atoms with E-state index in [1.54, 1.807) is 17.9 Å². The molecule has 0 radical (unpaired) electrons. The first kappa shape index (κ1) is 14.3. The van der Waals surface area contributed by atoms with Crippen LogP contribution in [0.1, 0.15) is 24.2 Å². The van der Waals surface area contributed by atoms with E-state index in [0.717, 1.165) is 0 Å². The highest BCUT2D eigenvalue weighted by Crippen LogP contribution is 2.14. The summed E-state index contributed by atoms with van der Waals surface area (Å²) in [4.78, 5) is 12.4. The Morgan fingerprint density at radius 3 is 2.60 bits per heavy atom. The lowest BCUT2D eigenvalue weighted by atomic mass is 10.1. The Hall–Kier alpha value is -2.08. The van der Waals surface area contributed by atoms with Crippen LogP contribution in [-0.2, 0) is 7.05 Å². The number of hydrogen-bond acceptors (Lipinski definition) is 3. The minimum atomic E-state index is -0.264. The summed E-state index contributed by atoms with van der Waals surface area (Å²) in [6.07, 6.45) is 5.26. The molecule has 0 aliphatic rings. The maximum Gasteiger partial charge on any atom is 0.257 e. The van der Waals surface area contributed by atoms with E-state index in [4.69, 9.17) is 0 Å². The average molecular weight is 276 g/mol. The molecule has 0 unspecified atom stereocenters. The lowest BCUT2D eigenvalue weighted by Crippen LogP contribution is -2.41. The fraction of sp³-hybridized carbons (Fsp3) is 0.429. The Balaban J connectivity index is 2.28. The fourth-order valence-electron chi connectivity index (χ4n) is 2.04. The van der Waals surface area contributed by atoms with Gasteiger partial charge in [-0.3, -0.25) is 9.48 Å². The molecule has 0 spiro atoms. The minimum absolute atomic E-state index is 0.0808. The molecule has 2 N–H and O–H groups in total. The minimum Gasteiger partial charge on any atom is -0.394 e. The number of nitrogens with zero attached hydrogens (tertiary/aromatic N) is 3. The largest absolute Gasteiger partial charge is 0.394 e.